The number of hydrogen-bond acceptors (Lipinski definition) is 5. The molecule has 5 heteroatoms. The average molecular weight is 277 g/mol. The summed E-state index contributed by atoms with van der Waals surface area (Å²) in [6.45, 7) is 3.63. The summed E-state index contributed by atoms with van der Waals surface area (Å²) in [5, 5.41) is 6.48. The molecule has 0 aliphatic rings. The van der Waals surface area contributed by atoms with Crippen molar-refractivity contribution >= 4 is 22.7 Å². The molecular weight excluding hydrogens is 258 g/mol. The molecule has 2 aromatic rings. The second kappa shape index (κ2) is 6.99. The van der Waals surface area contributed by atoms with Gasteiger partial charge in [-0.1, -0.05) is 6.92 Å². The highest BCUT2D eigenvalue weighted by Gasteiger charge is 2.01. The molecule has 1 heterocycles. The van der Waals surface area contributed by atoms with Crippen molar-refractivity contribution in [2.75, 3.05) is 24.2 Å². The molecule has 19 heavy (non-hydrogen) atoms. The minimum Gasteiger partial charge on any atom is -0.493 e. The molecule has 2 rings (SSSR count). The highest BCUT2D eigenvalue weighted by molar-refractivity contribution is 7.09. The molecule has 0 bridgehead atoms. The van der Waals surface area contributed by atoms with Gasteiger partial charge in [-0.3, -0.25) is 0 Å². The van der Waals surface area contributed by atoms with Gasteiger partial charge in [0.15, 0.2) is 0 Å². The van der Waals surface area contributed by atoms with Crippen molar-refractivity contribution in [1.29, 1.82) is 0 Å². The molecule has 1 aromatic heterocycles. The van der Waals surface area contributed by atoms with E-state index in [2.05, 4.69) is 17.2 Å². The van der Waals surface area contributed by atoms with Crippen LogP contribution in [0.15, 0.2) is 29.8 Å². The van der Waals surface area contributed by atoms with E-state index in [0.29, 0.717) is 12.3 Å². The van der Waals surface area contributed by atoms with Gasteiger partial charge in [0.25, 0.3) is 0 Å². The summed E-state index contributed by atoms with van der Waals surface area (Å²) in [4.78, 5) is 4.25. The first-order valence-corrected chi connectivity index (χ1v) is 7.31. The molecule has 0 aliphatic heterocycles. The molecule has 0 unspecified atom stereocenters. The number of rotatable bonds is 7. The maximum atomic E-state index is 5.87. The van der Waals surface area contributed by atoms with Gasteiger partial charge in [-0.05, 0) is 12.5 Å². The molecule has 0 radical (unpaired) electrons. The van der Waals surface area contributed by atoms with Crippen molar-refractivity contribution in [2.45, 2.75) is 19.8 Å². The Morgan fingerprint density at radius 3 is 3.00 bits per heavy atom. The molecule has 0 fully saturated rings. The van der Waals surface area contributed by atoms with Crippen molar-refractivity contribution in [3.63, 3.8) is 0 Å². The molecule has 0 atom stereocenters. The van der Waals surface area contributed by atoms with Crippen LogP contribution in [0, 0.1) is 0 Å². The van der Waals surface area contributed by atoms with Crippen LogP contribution in [0.25, 0.3) is 0 Å². The molecule has 0 saturated carbocycles. The van der Waals surface area contributed by atoms with Gasteiger partial charge >= 0.3 is 0 Å². The van der Waals surface area contributed by atoms with Crippen molar-refractivity contribution in [2.24, 2.45) is 0 Å². The summed E-state index contributed by atoms with van der Waals surface area (Å²) in [5.41, 5.74) is 7.57. The summed E-state index contributed by atoms with van der Waals surface area (Å²) in [5.74, 6) is 0.818. The zero-order chi connectivity index (χ0) is 13.5. The number of nitrogens with one attached hydrogen (secondary N) is 1. The number of nitrogens with zero attached hydrogens (tertiary/aromatic N) is 1. The fraction of sp³-hybridized carbons (Fsp3) is 0.357. The molecule has 3 N–H and O–H groups in total. The second-order valence-electron chi connectivity index (χ2n) is 4.24. The van der Waals surface area contributed by atoms with E-state index in [-0.39, 0.29) is 0 Å². The fourth-order valence-electron chi connectivity index (χ4n) is 1.72. The molecule has 0 aliphatic carbocycles. The molecule has 4 nitrogen and oxygen atoms in total. The third kappa shape index (κ3) is 4.44. The molecule has 1 aromatic carbocycles. The largest absolute Gasteiger partial charge is 0.493 e. The topological polar surface area (TPSA) is 60.2 Å². The lowest BCUT2D eigenvalue weighted by Gasteiger charge is -2.10. The third-order valence-electron chi connectivity index (χ3n) is 2.55. The van der Waals surface area contributed by atoms with Crippen LogP contribution in [-0.2, 0) is 6.42 Å². The van der Waals surface area contributed by atoms with Crippen LogP contribution in [0.3, 0.4) is 0 Å². The minimum absolute atomic E-state index is 0.710. The van der Waals surface area contributed by atoms with Crippen LogP contribution >= 0.6 is 11.3 Å². The Bertz CT molecular complexity index is 499. The first kappa shape index (κ1) is 13.7. The smallest absolute Gasteiger partial charge is 0.123 e. The summed E-state index contributed by atoms with van der Waals surface area (Å²) in [6.07, 6.45) is 3.73. The lowest BCUT2D eigenvalue weighted by Crippen LogP contribution is -2.05. The predicted molar refractivity (Wildman–Crippen MR) is 80.9 cm³/mol. The number of nitrogens with two attached hydrogens (primary N) is 1. The van der Waals surface area contributed by atoms with Crippen LogP contribution in [0.2, 0.25) is 0 Å². The lowest BCUT2D eigenvalue weighted by molar-refractivity contribution is 0.318. The molecule has 102 valence electrons. The van der Waals surface area contributed by atoms with E-state index in [0.717, 1.165) is 35.8 Å². The Balaban J connectivity index is 1.90. The van der Waals surface area contributed by atoms with Crippen LogP contribution in [-0.4, -0.2) is 18.1 Å². The van der Waals surface area contributed by atoms with Gasteiger partial charge < -0.3 is 15.8 Å². The molecular formula is C14H19N3OS. The van der Waals surface area contributed by atoms with Gasteiger partial charge in [-0.25, -0.2) is 4.98 Å². The second-order valence-corrected chi connectivity index (χ2v) is 5.22. The maximum Gasteiger partial charge on any atom is 0.123 e. The van der Waals surface area contributed by atoms with Gasteiger partial charge in [0.2, 0.25) is 0 Å². The van der Waals surface area contributed by atoms with Gasteiger partial charge in [0, 0.05) is 48.0 Å². The molecule has 0 amide bonds. The lowest BCUT2D eigenvalue weighted by atomic mass is 10.2. The van der Waals surface area contributed by atoms with E-state index in [1.165, 1.54) is 0 Å². The summed E-state index contributed by atoms with van der Waals surface area (Å²) in [6, 6.07) is 5.75. The van der Waals surface area contributed by atoms with Crippen molar-refractivity contribution < 1.29 is 4.74 Å². The number of hydrogen-bond donors (Lipinski definition) is 2. The number of aromatic nitrogens is 1. The Labute approximate surface area is 117 Å². The van der Waals surface area contributed by atoms with E-state index >= 15 is 0 Å². The molecule has 0 spiro atoms. The van der Waals surface area contributed by atoms with E-state index in [9.17, 15) is 0 Å². The van der Waals surface area contributed by atoms with Gasteiger partial charge in [-0.2, -0.15) is 0 Å². The van der Waals surface area contributed by atoms with E-state index < -0.39 is 0 Å². The highest BCUT2D eigenvalue weighted by Crippen LogP contribution is 2.22. The highest BCUT2D eigenvalue weighted by atomic mass is 32.1. The maximum absolute atomic E-state index is 5.87. The zero-order valence-electron chi connectivity index (χ0n) is 11.1. The van der Waals surface area contributed by atoms with E-state index in [4.69, 9.17) is 10.5 Å². The van der Waals surface area contributed by atoms with Crippen LogP contribution in [0.4, 0.5) is 11.4 Å². The minimum atomic E-state index is 0.710. The Kier molecular flexibility index (Phi) is 5.03. The van der Waals surface area contributed by atoms with Crippen molar-refractivity contribution in [1.82, 2.24) is 4.98 Å². The number of ether oxygens (including phenoxy) is 1. The normalized spacial score (nSPS) is 10.4. The van der Waals surface area contributed by atoms with Gasteiger partial charge in [0.1, 0.15) is 5.75 Å². The Morgan fingerprint density at radius 2 is 2.26 bits per heavy atom. The SMILES string of the molecule is CCCOc1cc(N)cc(NCCc2nccs2)c1. The van der Waals surface area contributed by atoms with Crippen LogP contribution in [0.5, 0.6) is 5.75 Å². The van der Waals surface area contributed by atoms with Gasteiger partial charge in [-0.15, -0.1) is 11.3 Å². The summed E-state index contributed by atoms with van der Waals surface area (Å²) >= 11 is 1.67. The van der Waals surface area contributed by atoms with E-state index in [1.807, 2.05) is 29.8 Å². The monoisotopic (exact) mass is 277 g/mol. The van der Waals surface area contributed by atoms with Crippen LogP contribution < -0.4 is 15.8 Å². The Morgan fingerprint density at radius 1 is 1.37 bits per heavy atom. The first-order chi connectivity index (χ1) is 9.28. The average Bonchev–Trinajstić information content (AvgIpc) is 2.89. The first-order valence-electron chi connectivity index (χ1n) is 6.43. The number of anilines is 2. The fourth-order valence-corrected chi connectivity index (χ4v) is 2.34. The van der Waals surface area contributed by atoms with Crippen LogP contribution in [0.1, 0.15) is 18.4 Å². The van der Waals surface area contributed by atoms with Gasteiger partial charge in [0.05, 0.1) is 11.6 Å². The predicted octanol–water partition coefficient (Wildman–Crippen LogP) is 3.17. The number of thiazole rings is 1. The summed E-state index contributed by atoms with van der Waals surface area (Å²) < 4.78 is 5.60. The molecule has 0 saturated heterocycles. The summed E-state index contributed by atoms with van der Waals surface area (Å²) in [7, 11) is 0. The standard InChI is InChI=1S/C14H19N3OS/c1-2-6-18-13-9-11(15)8-12(10-13)16-4-3-14-17-5-7-19-14/h5,7-10,16H,2-4,6,15H2,1H3. The number of benzene rings is 1. The van der Waals surface area contributed by atoms with Crippen molar-refractivity contribution in [3.8, 4) is 5.75 Å². The number of nitrogen functional groups attached to an aromatic ring is 1. The quantitative estimate of drug-likeness (QED) is 0.763. The zero-order valence-corrected chi connectivity index (χ0v) is 11.9. The van der Waals surface area contributed by atoms with E-state index in [1.54, 1.807) is 11.3 Å². The Hall–Kier alpha value is -1.75. The van der Waals surface area contributed by atoms with Crippen molar-refractivity contribution in [3.05, 3.63) is 34.8 Å². The third-order valence-corrected chi connectivity index (χ3v) is 3.39.